The number of rotatable bonds is 8. The van der Waals surface area contributed by atoms with Crippen molar-refractivity contribution in [2.24, 2.45) is 0 Å². The highest BCUT2D eigenvalue weighted by molar-refractivity contribution is 5.90. The molecule has 1 aliphatic heterocycles. The van der Waals surface area contributed by atoms with E-state index in [-0.39, 0.29) is 23.5 Å². The first kappa shape index (κ1) is 24.3. The van der Waals surface area contributed by atoms with Crippen LogP contribution in [0.25, 0.3) is 0 Å². The van der Waals surface area contributed by atoms with Crippen LogP contribution in [0.3, 0.4) is 0 Å². The number of nitrogens with zero attached hydrogens (tertiary/aromatic N) is 2. The third-order valence-electron chi connectivity index (χ3n) is 6.58. The van der Waals surface area contributed by atoms with E-state index in [0.29, 0.717) is 19.5 Å². The quantitative estimate of drug-likeness (QED) is 0.495. The van der Waals surface area contributed by atoms with Crippen LogP contribution >= 0.6 is 0 Å². The molecule has 1 saturated heterocycles. The summed E-state index contributed by atoms with van der Waals surface area (Å²) >= 11 is 0. The first-order valence-corrected chi connectivity index (χ1v) is 12.3. The summed E-state index contributed by atoms with van der Waals surface area (Å²) in [6, 6.07) is 25.0. The molecule has 3 aromatic carbocycles. The van der Waals surface area contributed by atoms with Crippen molar-refractivity contribution in [3.63, 3.8) is 0 Å². The summed E-state index contributed by atoms with van der Waals surface area (Å²) in [5.41, 5.74) is 4.05. The zero-order valence-electron chi connectivity index (χ0n) is 20.2. The fourth-order valence-electron chi connectivity index (χ4n) is 4.44. The molecule has 1 heterocycles. The molecular weight excluding hydrogens is 438 g/mol. The molecule has 0 bridgehead atoms. The van der Waals surface area contributed by atoms with Crippen molar-refractivity contribution in [3.05, 3.63) is 90.0 Å². The average molecular weight is 472 g/mol. The molecule has 0 saturated carbocycles. The molecule has 35 heavy (non-hydrogen) atoms. The molecule has 2 N–H and O–H groups in total. The minimum atomic E-state index is -0.238. The van der Waals surface area contributed by atoms with Gasteiger partial charge in [-0.2, -0.15) is 0 Å². The number of carbonyl (C=O) groups excluding carboxylic acids is 2. The zero-order chi connectivity index (χ0) is 24.6. The van der Waals surface area contributed by atoms with Crippen LogP contribution in [0.4, 0.5) is 11.4 Å². The minimum Gasteiger partial charge on any atom is -0.508 e. The number of hydrogen-bond donors (Lipinski definition) is 2. The zero-order valence-corrected chi connectivity index (χ0v) is 20.2. The summed E-state index contributed by atoms with van der Waals surface area (Å²) in [6.07, 6.45) is 2.22. The Morgan fingerprint density at radius 2 is 1.54 bits per heavy atom. The van der Waals surface area contributed by atoms with E-state index in [9.17, 15) is 14.7 Å². The number of aryl methyl sites for hydroxylation is 1. The molecule has 1 fully saturated rings. The predicted molar refractivity (Wildman–Crippen MR) is 140 cm³/mol. The van der Waals surface area contributed by atoms with Crippen molar-refractivity contribution in [2.75, 3.05) is 36.4 Å². The fourth-order valence-corrected chi connectivity index (χ4v) is 4.44. The van der Waals surface area contributed by atoms with Gasteiger partial charge in [-0.15, -0.1) is 0 Å². The Kier molecular flexibility index (Phi) is 8.03. The number of piperazine rings is 1. The van der Waals surface area contributed by atoms with Gasteiger partial charge in [0.2, 0.25) is 11.8 Å². The van der Waals surface area contributed by atoms with Crippen molar-refractivity contribution in [3.8, 4) is 5.75 Å². The average Bonchev–Trinajstić information content (AvgIpc) is 2.89. The molecular formula is C29H33N3O3. The summed E-state index contributed by atoms with van der Waals surface area (Å²) in [4.78, 5) is 29.4. The first-order chi connectivity index (χ1) is 17.0. The Hall–Kier alpha value is -3.80. The highest BCUT2D eigenvalue weighted by atomic mass is 16.3. The lowest BCUT2D eigenvalue weighted by Crippen LogP contribution is -2.49. The Morgan fingerprint density at radius 3 is 2.20 bits per heavy atom. The van der Waals surface area contributed by atoms with E-state index in [1.54, 1.807) is 24.3 Å². The minimum absolute atomic E-state index is 0.0311. The molecule has 1 unspecified atom stereocenters. The van der Waals surface area contributed by atoms with Crippen molar-refractivity contribution < 1.29 is 14.7 Å². The molecule has 2 amide bonds. The second-order valence-electron chi connectivity index (χ2n) is 9.06. The van der Waals surface area contributed by atoms with E-state index in [1.807, 2.05) is 54.3 Å². The number of amides is 2. The summed E-state index contributed by atoms with van der Waals surface area (Å²) in [7, 11) is 0. The van der Waals surface area contributed by atoms with Gasteiger partial charge in [-0.25, -0.2) is 0 Å². The molecule has 0 spiro atoms. The van der Waals surface area contributed by atoms with Crippen molar-refractivity contribution in [1.29, 1.82) is 0 Å². The molecule has 1 atom stereocenters. The maximum atomic E-state index is 12.9. The van der Waals surface area contributed by atoms with E-state index < -0.39 is 0 Å². The number of phenols is 1. The lowest BCUT2D eigenvalue weighted by atomic mass is 9.99. The monoisotopic (exact) mass is 471 g/mol. The van der Waals surface area contributed by atoms with E-state index in [1.165, 1.54) is 5.56 Å². The number of anilines is 2. The lowest BCUT2D eigenvalue weighted by Gasteiger charge is -2.37. The molecule has 0 aliphatic carbocycles. The second kappa shape index (κ2) is 11.6. The van der Waals surface area contributed by atoms with Crippen LogP contribution in [-0.2, 0) is 16.0 Å². The van der Waals surface area contributed by atoms with Crippen LogP contribution in [0.5, 0.6) is 5.75 Å². The summed E-state index contributed by atoms with van der Waals surface area (Å²) in [5.74, 6) is 0.109. The Labute approximate surface area is 207 Å². The summed E-state index contributed by atoms with van der Waals surface area (Å²) < 4.78 is 0. The third kappa shape index (κ3) is 6.63. The molecule has 1 aliphatic rings. The van der Waals surface area contributed by atoms with Gasteiger partial charge in [0.05, 0.1) is 5.92 Å². The number of aromatic hydroxyl groups is 1. The van der Waals surface area contributed by atoms with Crippen LogP contribution in [0, 0.1) is 0 Å². The predicted octanol–water partition coefficient (Wildman–Crippen LogP) is 4.81. The number of nitrogens with one attached hydrogen (secondary N) is 1. The number of phenolic OH excluding ortho intramolecular Hbond substituents is 1. The number of benzene rings is 3. The van der Waals surface area contributed by atoms with E-state index in [2.05, 4.69) is 22.3 Å². The van der Waals surface area contributed by atoms with Crippen molar-refractivity contribution >= 4 is 23.2 Å². The molecule has 0 radical (unpaired) electrons. The molecule has 182 valence electrons. The van der Waals surface area contributed by atoms with Crippen molar-refractivity contribution in [2.45, 2.75) is 32.1 Å². The highest BCUT2D eigenvalue weighted by Crippen LogP contribution is 2.24. The fraction of sp³-hybridized carbons (Fsp3) is 0.310. The van der Waals surface area contributed by atoms with Gasteiger partial charge in [0.1, 0.15) is 5.75 Å². The van der Waals surface area contributed by atoms with Gasteiger partial charge in [0.25, 0.3) is 0 Å². The van der Waals surface area contributed by atoms with Crippen LogP contribution in [0.1, 0.15) is 36.8 Å². The standard InChI is InChI=1S/C29H33N3O3/c1-22(24-10-16-27(33)17-11-24)29(35)32-20-18-31(19-21-32)26-14-12-25(13-15-26)30-28(34)9-5-8-23-6-3-2-4-7-23/h2-4,6-7,10-17,22,33H,5,8-9,18-21H2,1H3,(H,30,34). The Balaban J connectivity index is 1.22. The van der Waals surface area contributed by atoms with Crippen LogP contribution in [0.2, 0.25) is 0 Å². The Morgan fingerprint density at radius 1 is 0.886 bits per heavy atom. The summed E-state index contributed by atoms with van der Waals surface area (Å²) in [6.45, 7) is 4.77. The molecule has 6 nitrogen and oxygen atoms in total. The van der Waals surface area contributed by atoms with Gasteiger partial charge in [0, 0.05) is 44.0 Å². The molecule has 3 aromatic rings. The van der Waals surface area contributed by atoms with Gasteiger partial charge < -0.3 is 20.2 Å². The van der Waals surface area contributed by atoms with Crippen molar-refractivity contribution in [1.82, 2.24) is 4.90 Å². The smallest absolute Gasteiger partial charge is 0.229 e. The van der Waals surface area contributed by atoms with Gasteiger partial charge >= 0.3 is 0 Å². The van der Waals surface area contributed by atoms with Gasteiger partial charge in [-0.05, 0) is 67.3 Å². The topological polar surface area (TPSA) is 72.9 Å². The highest BCUT2D eigenvalue weighted by Gasteiger charge is 2.26. The third-order valence-corrected chi connectivity index (χ3v) is 6.58. The first-order valence-electron chi connectivity index (χ1n) is 12.3. The van der Waals surface area contributed by atoms with Crippen LogP contribution in [-0.4, -0.2) is 48.0 Å². The van der Waals surface area contributed by atoms with Gasteiger partial charge in [-0.1, -0.05) is 42.5 Å². The maximum absolute atomic E-state index is 12.9. The number of carbonyl (C=O) groups is 2. The SMILES string of the molecule is CC(C(=O)N1CCN(c2ccc(NC(=O)CCCc3ccccc3)cc2)CC1)c1ccc(O)cc1. The van der Waals surface area contributed by atoms with Crippen LogP contribution in [0.15, 0.2) is 78.9 Å². The normalized spacial score (nSPS) is 14.4. The second-order valence-corrected chi connectivity index (χ2v) is 9.06. The summed E-state index contributed by atoms with van der Waals surface area (Å²) in [5, 5.41) is 12.5. The van der Waals surface area contributed by atoms with Gasteiger partial charge in [0.15, 0.2) is 0 Å². The van der Waals surface area contributed by atoms with E-state index in [4.69, 9.17) is 0 Å². The molecule has 0 aromatic heterocycles. The largest absolute Gasteiger partial charge is 0.508 e. The molecule has 4 rings (SSSR count). The van der Waals surface area contributed by atoms with Gasteiger partial charge in [-0.3, -0.25) is 9.59 Å². The number of hydrogen-bond acceptors (Lipinski definition) is 4. The van der Waals surface area contributed by atoms with Crippen LogP contribution < -0.4 is 10.2 Å². The van der Waals surface area contributed by atoms with E-state index in [0.717, 1.165) is 42.9 Å². The van der Waals surface area contributed by atoms with E-state index >= 15 is 0 Å². The molecule has 6 heteroatoms. The lowest BCUT2D eigenvalue weighted by molar-refractivity contribution is -0.132. The maximum Gasteiger partial charge on any atom is 0.229 e. The Bertz CT molecular complexity index is 1110.